The number of aryl methyl sites for hydroxylation is 1. The number of para-hydroxylation sites is 1. The minimum Gasteiger partial charge on any atom is -0.457 e. The van der Waals surface area contributed by atoms with Gasteiger partial charge in [0.25, 0.3) is 0 Å². The van der Waals surface area contributed by atoms with Gasteiger partial charge in [0.15, 0.2) is 9.84 Å². The van der Waals surface area contributed by atoms with Crippen LogP contribution in [0.2, 0.25) is 0 Å². The standard InChI is InChI=1S/C25H32O3S/c1-3-17-29(26,27)18-16-21-10-8-9-13-24(21)22-14-15-25(20(4-2)19-22)28-23-11-6-5-7-12-23/h5-7,11-12,14-16,19,24H,3-4,8-10,13,17-18H2,1-2H3. The molecular weight excluding hydrogens is 380 g/mol. The minimum atomic E-state index is -2.99. The quantitative estimate of drug-likeness (QED) is 0.468. The van der Waals surface area contributed by atoms with Gasteiger partial charge < -0.3 is 4.74 Å². The van der Waals surface area contributed by atoms with Gasteiger partial charge in [-0.2, -0.15) is 0 Å². The molecule has 0 heterocycles. The third-order valence-corrected chi connectivity index (χ3v) is 7.31. The second-order valence-corrected chi connectivity index (χ2v) is 10.1. The molecule has 3 rings (SSSR count). The van der Waals surface area contributed by atoms with Crippen LogP contribution in [0, 0.1) is 0 Å². The van der Waals surface area contributed by atoms with Crippen molar-refractivity contribution < 1.29 is 13.2 Å². The molecule has 0 saturated heterocycles. The number of hydrogen-bond acceptors (Lipinski definition) is 3. The summed E-state index contributed by atoms with van der Waals surface area (Å²) in [6, 6.07) is 16.3. The lowest BCUT2D eigenvalue weighted by Gasteiger charge is -2.27. The van der Waals surface area contributed by atoms with E-state index in [1.54, 1.807) is 0 Å². The van der Waals surface area contributed by atoms with Crippen molar-refractivity contribution in [3.8, 4) is 11.5 Å². The zero-order valence-corrected chi connectivity index (χ0v) is 18.4. The van der Waals surface area contributed by atoms with E-state index in [9.17, 15) is 8.42 Å². The molecule has 3 nitrogen and oxygen atoms in total. The molecule has 156 valence electrons. The molecule has 2 aromatic carbocycles. The van der Waals surface area contributed by atoms with Crippen LogP contribution in [0.5, 0.6) is 11.5 Å². The van der Waals surface area contributed by atoms with Gasteiger partial charge >= 0.3 is 0 Å². The van der Waals surface area contributed by atoms with Gasteiger partial charge in [0.05, 0.1) is 11.5 Å². The smallest absolute Gasteiger partial charge is 0.153 e. The zero-order chi connectivity index (χ0) is 20.7. The topological polar surface area (TPSA) is 43.4 Å². The Morgan fingerprint density at radius 3 is 2.59 bits per heavy atom. The highest BCUT2D eigenvalue weighted by atomic mass is 32.2. The SMILES string of the molecule is CCCS(=O)(=O)CC=C1CCCCC1c1ccc(Oc2ccccc2)c(CC)c1. The highest BCUT2D eigenvalue weighted by Crippen LogP contribution is 2.39. The molecule has 0 amide bonds. The molecule has 0 N–H and O–H groups in total. The molecule has 1 saturated carbocycles. The van der Waals surface area contributed by atoms with Crippen LogP contribution in [-0.2, 0) is 16.3 Å². The molecule has 2 aromatic rings. The maximum absolute atomic E-state index is 12.2. The predicted molar refractivity (Wildman–Crippen MR) is 121 cm³/mol. The van der Waals surface area contributed by atoms with Gasteiger partial charge in [-0.15, -0.1) is 0 Å². The maximum atomic E-state index is 12.2. The Labute approximate surface area is 175 Å². The van der Waals surface area contributed by atoms with Gasteiger partial charge in [-0.05, 0) is 61.4 Å². The van der Waals surface area contributed by atoms with E-state index in [2.05, 4.69) is 25.1 Å². The third kappa shape index (κ3) is 5.96. The van der Waals surface area contributed by atoms with E-state index in [1.165, 1.54) is 23.1 Å². The van der Waals surface area contributed by atoms with Crippen molar-refractivity contribution >= 4 is 9.84 Å². The van der Waals surface area contributed by atoms with Crippen molar-refractivity contribution in [3.63, 3.8) is 0 Å². The number of ether oxygens (including phenoxy) is 1. The van der Waals surface area contributed by atoms with Crippen LogP contribution < -0.4 is 4.74 Å². The molecule has 0 aliphatic heterocycles. The van der Waals surface area contributed by atoms with Crippen LogP contribution >= 0.6 is 0 Å². The first-order valence-electron chi connectivity index (χ1n) is 10.8. The molecule has 0 spiro atoms. The van der Waals surface area contributed by atoms with Gasteiger partial charge in [0.2, 0.25) is 0 Å². The number of sulfone groups is 1. The minimum absolute atomic E-state index is 0.169. The first-order chi connectivity index (χ1) is 14.0. The van der Waals surface area contributed by atoms with Crippen LogP contribution in [0.1, 0.15) is 63.0 Å². The summed E-state index contributed by atoms with van der Waals surface area (Å²) in [7, 11) is -2.99. The number of hydrogen-bond donors (Lipinski definition) is 0. The molecular formula is C25H32O3S. The molecule has 1 atom stereocenters. The Bertz CT molecular complexity index is 930. The largest absolute Gasteiger partial charge is 0.457 e. The van der Waals surface area contributed by atoms with E-state index >= 15 is 0 Å². The van der Waals surface area contributed by atoms with E-state index in [0.717, 1.165) is 37.2 Å². The Kier molecular flexibility index (Phi) is 7.54. The Morgan fingerprint density at radius 1 is 1.07 bits per heavy atom. The molecule has 1 unspecified atom stereocenters. The van der Waals surface area contributed by atoms with E-state index < -0.39 is 9.84 Å². The summed E-state index contributed by atoms with van der Waals surface area (Å²) in [6.45, 7) is 4.06. The van der Waals surface area contributed by atoms with Gasteiger partial charge in [0.1, 0.15) is 11.5 Å². The second kappa shape index (κ2) is 10.1. The van der Waals surface area contributed by atoms with Crippen molar-refractivity contribution in [1.29, 1.82) is 0 Å². The fourth-order valence-electron chi connectivity index (χ4n) is 4.10. The van der Waals surface area contributed by atoms with Crippen molar-refractivity contribution in [2.45, 2.75) is 58.3 Å². The average Bonchev–Trinajstić information content (AvgIpc) is 2.73. The molecule has 0 aromatic heterocycles. The summed E-state index contributed by atoms with van der Waals surface area (Å²) in [4.78, 5) is 0. The van der Waals surface area contributed by atoms with Gasteiger partial charge in [0, 0.05) is 5.92 Å². The summed E-state index contributed by atoms with van der Waals surface area (Å²) in [5.74, 6) is 2.50. The maximum Gasteiger partial charge on any atom is 0.153 e. The molecule has 1 aliphatic rings. The average molecular weight is 413 g/mol. The van der Waals surface area contributed by atoms with Crippen LogP contribution in [0.3, 0.4) is 0 Å². The van der Waals surface area contributed by atoms with Crippen molar-refractivity contribution in [3.05, 3.63) is 71.3 Å². The Balaban J connectivity index is 1.83. The molecule has 1 fully saturated rings. The van der Waals surface area contributed by atoms with Crippen LogP contribution in [-0.4, -0.2) is 19.9 Å². The van der Waals surface area contributed by atoms with Crippen LogP contribution in [0.25, 0.3) is 0 Å². The summed E-state index contributed by atoms with van der Waals surface area (Å²) < 4.78 is 30.4. The van der Waals surface area contributed by atoms with Gasteiger partial charge in [-0.3, -0.25) is 0 Å². The fourth-order valence-corrected chi connectivity index (χ4v) is 5.35. The van der Waals surface area contributed by atoms with Crippen LogP contribution in [0.15, 0.2) is 60.2 Å². The molecule has 0 bridgehead atoms. The van der Waals surface area contributed by atoms with Gasteiger partial charge in [-0.25, -0.2) is 8.42 Å². The summed E-state index contributed by atoms with van der Waals surface area (Å²) in [5, 5.41) is 0. The normalized spacial score (nSPS) is 18.7. The summed E-state index contributed by atoms with van der Waals surface area (Å²) in [5.41, 5.74) is 3.76. The number of benzene rings is 2. The monoisotopic (exact) mass is 412 g/mol. The summed E-state index contributed by atoms with van der Waals surface area (Å²) >= 11 is 0. The molecule has 0 radical (unpaired) electrons. The fraction of sp³-hybridized carbons (Fsp3) is 0.440. The molecule has 4 heteroatoms. The Hall–Kier alpha value is -2.07. The third-order valence-electron chi connectivity index (χ3n) is 5.61. The second-order valence-electron chi connectivity index (χ2n) is 7.83. The Morgan fingerprint density at radius 2 is 1.86 bits per heavy atom. The van der Waals surface area contributed by atoms with Crippen LogP contribution in [0.4, 0.5) is 0 Å². The highest BCUT2D eigenvalue weighted by molar-refractivity contribution is 7.91. The van der Waals surface area contributed by atoms with E-state index in [4.69, 9.17) is 4.74 Å². The highest BCUT2D eigenvalue weighted by Gasteiger charge is 2.22. The van der Waals surface area contributed by atoms with Gasteiger partial charge in [-0.1, -0.05) is 62.2 Å². The lowest BCUT2D eigenvalue weighted by atomic mass is 9.79. The number of allylic oxidation sites excluding steroid dienone is 1. The zero-order valence-electron chi connectivity index (χ0n) is 17.6. The van der Waals surface area contributed by atoms with Crippen molar-refractivity contribution in [1.82, 2.24) is 0 Å². The molecule has 1 aliphatic carbocycles. The lowest BCUT2D eigenvalue weighted by molar-refractivity contribution is 0.475. The van der Waals surface area contributed by atoms with E-state index in [1.807, 2.05) is 43.3 Å². The van der Waals surface area contributed by atoms with Crippen molar-refractivity contribution in [2.24, 2.45) is 0 Å². The lowest BCUT2D eigenvalue weighted by Crippen LogP contribution is -2.13. The predicted octanol–water partition coefficient (Wildman–Crippen LogP) is 6.45. The number of rotatable bonds is 8. The van der Waals surface area contributed by atoms with Crippen molar-refractivity contribution in [2.75, 3.05) is 11.5 Å². The van der Waals surface area contributed by atoms with E-state index in [0.29, 0.717) is 12.3 Å². The molecule has 29 heavy (non-hydrogen) atoms. The summed E-state index contributed by atoms with van der Waals surface area (Å²) in [6.07, 6.45) is 7.98. The first-order valence-corrected chi connectivity index (χ1v) is 12.6. The first kappa shape index (κ1) is 21.6. The van der Waals surface area contributed by atoms with E-state index in [-0.39, 0.29) is 11.5 Å².